The average Bonchev–Trinajstić information content (AvgIpc) is 3.03. The molecule has 0 saturated heterocycles. The van der Waals surface area contributed by atoms with Crippen molar-refractivity contribution in [2.75, 3.05) is 0 Å². The highest BCUT2D eigenvalue weighted by molar-refractivity contribution is 7.89. The molecule has 0 aliphatic carbocycles. The van der Waals surface area contributed by atoms with E-state index in [1.165, 1.54) is 22.7 Å². The largest absolute Gasteiger partial charge is 0.243 e. The summed E-state index contributed by atoms with van der Waals surface area (Å²) in [5, 5.41) is 11.0. The Labute approximate surface area is 139 Å². The highest BCUT2D eigenvalue weighted by Gasteiger charge is 2.23. The zero-order valence-corrected chi connectivity index (χ0v) is 14.2. The minimum atomic E-state index is -4.47. The van der Waals surface area contributed by atoms with Gasteiger partial charge in [-0.1, -0.05) is 0 Å². The maximum atomic E-state index is 14.0. The molecule has 0 aliphatic rings. The first-order valence-electron chi connectivity index (χ1n) is 6.28. The van der Waals surface area contributed by atoms with Crippen LogP contribution in [0.15, 0.2) is 33.2 Å². The molecule has 120 valence electrons. The molecule has 0 saturated carbocycles. The van der Waals surface area contributed by atoms with Crippen LogP contribution in [-0.2, 0) is 10.0 Å². The number of benzene rings is 1. The zero-order chi connectivity index (χ0) is 16.8. The van der Waals surface area contributed by atoms with Crippen LogP contribution in [0.4, 0.5) is 8.78 Å². The number of nitrogens with two attached hydrogens (primary N) is 1. The Bertz CT molecular complexity index is 970. The lowest BCUT2D eigenvalue weighted by Gasteiger charge is -2.07. The van der Waals surface area contributed by atoms with E-state index in [9.17, 15) is 17.2 Å². The lowest BCUT2D eigenvalue weighted by atomic mass is 10.0. The third kappa shape index (κ3) is 3.05. The van der Waals surface area contributed by atoms with E-state index in [0.29, 0.717) is 5.56 Å². The van der Waals surface area contributed by atoms with Gasteiger partial charge in [0.05, 0.1) is 0 Å². The van der Waals surface area contributed by atoms with Gasteiger partial charge < -0.3 is 0 Å². The van der Waals surface area contributed by atoms with Crippen molar-refractivity contribution in [3.05, 3.63) is 45.6 Å². The van der Waals surface area contributed by atoms with E-state index in [1.54, 1.807) is 5.38 Å². The number of hydrogen-bond donors (Lipinski definition) is 1. The monoisotopic (exact) mass is 372 g/mol. The van der Waals surface area contributed by atoms with Crippen LogP contribution in [0.25, 0.3) is 21.7 Å². The highest BCUT2D eigenvalue weighted by Crippen LogP contribution is 2.38. The van der Waals surface area contributed by atoms with E-state index < -0.39 is 26.6 Å². The molecular weight excluding hydrogens is 362 g/mol. The molecule has 2 N–H and O–H groups in total. The Morgan fingerprint density at radius 2 is 1.70 bits per heavy atom. The number of hydrogen-bond acceptors (Lipinski definition) is 5. The molecule has 23 heavy (non-hydrogen) atoms. The van der Waals surface area contributed by atoms with Crippen LogP contribution < -0.4 is 5.14 Å². The van der Waals surface area contributed by atoms with E-state index in [2.05, 4.69) is 4.98 Å². The van der Waals surface area contributed by atoms with Crippen LogP contribution in [-0.4, -0.2) is 13.4 Å². The Morgan fingerprint density at radius 1 is 1.09 bits per heavy atom. The fourth-order valence-corrected chi connectivity index (χ4v) is 4.56. The van der Waals surface area contributed by atoms with Gasteiger partial charge in [0.1, 0.15) is 16.6 Å². The summed E-state index contributed by atoms with van der Waals surface area (Å²) in [6, 6.07) is 1.93. The first kappa shape index (κ1) is 16.2. The van der Waals surface area contributed by atoms with E-state index >= 15 is 0 Å². The second kappa shape index (κ2) is 5.75. The average molecular weight is 372 g/mol. The van der Waals surface area contributed by atoms with Crippen molar-refractivity contribution < 1.29 is 17.2 Å². The molecule has 2 aromatic heterocycles. The van der Waals surface area contributed by atoms with Gasteiger partial charge in [0.15, 0.2) is 4.90 Å². The van der Waals surface area contributed by atoms with E-state index in [1.807, 2.05) is 17.7 Å². The molecule has 4 nitrogen and oxygen atoms in total. The normalized spacial score (nSPS) is 11.8. The number of halogens is 2. The van der Waals surface area contributed by atoms with E-state index in [-0.39, 0.29) is 5.56 Å². The van der Waals surface area contributed by atoms with Gasteiger partial charge in [0.2, 0.25) is 10.0 Å². The first-order valence-corrected chi connectivity index (χ1v) is 9.65. The smallest absolute Gasteiger partial charge is 0.241 e. The Balaban J connectivity index is 2.17. The number of primary sulfonamides is 1. The molecule has 0 fully saturated rings. The van der Waals surface area contributed by atoms with Gasteiger partial charge in [0.25, 0.3) is 0 Å². The standard InChI is InChI=1S/C14H10F2N2O2S3/c1-7-4-22-14(18-7)10-6-21-5-9(10)8-2-11(15)13(12(16)3-8)23(17,19)20/h2-6H,1H3,(H2,17,19,20). The summed E-state index contributed by atoms with van der Waals surface area (Å²) in [7, 11) is -4.47. The number of thiazole rings is 1. The molecule has 0 bridgehead atoms. The molecule has 2 heterocycles. The Morgan fingerprint density at radius 3 is 2.22 bits per heavy atom. The zero-order valence-electron chi connectivity index (χ0n) is 11.7. The van der Waals surface area contributed by atoms with Crippen molar-refractivity contribution in [2.24, 2.45) is 5.14 Å². The maximum absolute atomic E-state index is 14.0. The van der Waals surface area contributed by atoms with Crippen LogP contribution in [0.3, 0.4) is 0 Å². The predicted octanol–water partition coefficient (Wildman–Crippen LogP) is 3.77. The number of aryl methyl sites for hydroxylation is 1. The van der Waals surface area contributed by atoms with E-state index in [4.69, 9.17) is 5.14 Å². The number of sulfonamides is 1. The molecule has 3 aromatic rings. The van der Waals surface area contributed by atoms with Crippen LogP contribution in [0.2, 0.25) is 0 Å². The van der Waals surface area contributed by atoms with Gasteiger partial charge in [-0.25, -0.2) is 27.3 Å². The van der Waals surface area contributed by atoms with Crippen LogP contribution in [0.5, 0.6) is 0 Å². The first-order chi connectivity index (χ1) is 10.8. The quantitative estimate of drug-likeness (QED) is 0.760. The fourth-order valence-electron chi connectivity index (χ4n) is 2.15. The van der Waals surface area contributed by atoms with Gasteiger partial charge >= 0.3 is 0 Å². The third-order valence-corrected chi connectivity index (χ3v) is 5.80. The molecule has 0 unspecified atom stereocenters. The molecule has 0 spiro atoms. The third-order valence-electron chi connectivity index (χ3n) is 3.11. The van der Waals surface area contributed by atoms with Gasteiger partial charge in [-0.2, -0.15) is 11.3 Å². The SMILES string of the molecule is Cc1csc(-c2cscc2-c2cc(F)c(S(N)(=O)=O)c(F)c2)n1. The van der Waals surface area contributed by atoms with Gasteiger partial charge in [-0.15, -0.1) is 11.3 Å². The molecule has 0 amide bonds. The lowest BCUT2D eigenvalue weighted by molar-refractivity contribution is 0.520. The number of rotatable bonds is 3. The minimum absolute atomic E-state index is 0.233. The molecule has 0 radical (unpaired) electrons. The predicted molar refractivity (Wildman–Crippen MR) is 86.9 cm³/mol. The molecule has 3 rings (SSSR count). The van der Waals surface area contributed by atoms with Gasteiger partial charge in [-0.3, -0.25) is 0 Å². The summed E-state index contributed by atoms with van der Waals surface area (Å²) in [4.78, 5) is 3.24. The Kier molecular flexibility index (Phi) is 4.05. The highest BCUT2D eigenvalue weighted by atomic mass is 32.2. The van der Waals surface area contributed by atoms with Crippen molar-refractivity contribution in [1.82, 2.24) is 4.98 Å². The summed E-state index contributed by atoms with van der Waals surface area (Å²) in [5.74, 6) is -2.43. The number of aromatic nitrogens is 1. The molecule has 0 aliphatic heterocycles. The molecular formula is C14H10F2N2O2S3. The van der Waals surface area contributed by atoms with E-state index in [0.717, 1.165) is 28.4 Å². The molecule has 0 atom stereocenters. The second-order valence-electron chi connectivity index (χ2n) is 4.81. The molecule has 9 heteroatoms. The van der Waals surface area contributed by atoms with Crippen LogP contribution in [0.1, 0.15) is 5.69 Å². The molecule has 1 aromatic carbocycles. The van der Waals surface area contributed by atoms with Crippen molar-refractivity contribution in [1.29, 1.82) is 0 Å². The Hall–Kier alpha value is -1.68. The fraction of sp³-hybridized carbons (Fsp3) is 0.0714. The summed E-state index contributed by atoms with van der Waals surface area (Å²) in [5.41, 5.74) is 2.42. The van der Waals surface area contributed by atoms with Crippen LogP contribution in [0, 0.1) is 18.6 Å². The van der Waals surface area contributed by atoms with Crippen LogP contribution >= 0.6 is 22.7 Å². The van der Waals surface area contributed by atoms with Crippen molar-refractivity contribution in [3.63, 3.8) is 0 Å². The maximum Gasteiger partial charge on any atom is 0.243 e. The summed E-state index contributed by atoms with van der Waals surface area (Å²) >= 11 is 2.79. The van der Waals surface area contributed by atoms with Gasteiger partial charge in [-0.05, 0) is 30.0 Å². The van der Waals surface area contributed by atoms with Crippen molar-refractivity contribution >= 4 is 32.7 Å². The number of thiophene rings is 1. The summed E-state index contributed by atoms with van der Waals surface area (Å²) in [6.45, 7) is 1.85. The van der Waals surface area contributed by atoms with Gasteiger partial charge in [0, 0.05) is 27.6 Å². The number of nitrogens with zero attached hydrogens (tertiary/aromatic N) is 1. The minimum Gasteiger partial charge on any atom is -0.241 e. The summed E-state index contributed by atoms with van der Waals surface area (Å²) in [6.07, 6.45) is 0. The lowest BCUT2D eigenvalue weighted by Crippen LogP contribution is -2.16. The second-order valence-corrected chi connectivity index (χ2v) is 7.91. The van der Waals surface area contributed by atoms with Crippen molar-refractivity contribution in [3.8, 4) is 21.7 Å². The van der Waals surface area contributed by atoms with Crippen molar-refractivity contribution in [2.45, 2.75) is 11.8 Å². The topological polar surface area (TPSA) is 73.1 Å². The summed E-state index contributed by atoms with van der Waals surface area (Å²) < 4.78 is 50.6.